The van der Waals surface area contributed by atoms with Crippen molar-refractivity contribution in [2.24, 2.45) is 0 Å². The maximum atomic E-state index is 11.4. The Bertz CT molecular complexity index is 1080. The van der Waals surface area contributed by atoms with E-state index in [0.717, 1.165) is 88.2 Å². The van der Waals surface area contributed by atoms with Crippen LogP contribution in [0.1, 0.15) is 144 Å². The Labute approximate surface area is 336 Å². The van der Waals surface area contributed by atoms with Gasteiger partial charge in [0.25, 0.3) is 0 Å². The number of benzene rings is 2. The summed E-state index contributed by atoms with van der Waals surface area (Å²) < 4.78 is 34.8. The molecule has 10 nitrogen and oxygen atoms in total. The van der Waals surface area contributed by atoms with Crippen molar-refractivity contribution in [3.63, 3.8) is 0 Å². The van der Waals surface area contributed by atoms with Gasteiger partial charge in [0.05, 0.1) is 39.6 Å². The molecule has 0 spiro atoms. The average Bonchev–Trinajstić information content (AvgIpc) is 3.16. The average molecular weight is 783 g/mol. The topological polar surface area (TPSA) is 120 Å². The standard InChI is InChI=1S/2C21H36O5.Ti/c2*1-5-8-13-23-17-21(4,26-22)18-11-12-19(24-14-9-6-2)20(16-18)25-15-10-7-3;/h2*11-12,16,22H,5-10,13-15,17H2,1-4H3;/q;;+2/p-2. The first-order valence-corrected chi connectivity index (χ1v) is 19.8. The molecule has 302 valence electrons. The first kappa shape index (κ1) is 51.1. The van der Waals surface area contributed by atoms with Gasteiger partial charge < -0.3 is 48.7 Å². The summed E-state index contributed by atoms with van der Waals surface area (Å²) in [6.45, 7) is 20.4. The first-order chi connectivity index (χ1) is 25.2. The minimum Gasteiger partial charge on any atom is -0.723 e. The van der Waals surface area contributed by atoms with Crippen LogP contribution >= 0.6 is 0 Å². The van der Waals surface area contributed by atoms with Crippen molar-refractivity contribution in [1.82, 2.24) is 0 Å². The Morgan fingerprint density at radius 1 is 0.434 bits per heavy atom. The van der Waals surface area contributed by atoms with Crippen molar-refractivity contribution in [2.75, 3.05) is 52.9 Å². The molecule has 0 aliphatic heterocycles. The van der Waals surface area contributed by atoms with Crippen LogP contribution in [0.15, 0.2) is 36.4 Å². The van der Waals surface area contributed by atoms with Crippen molar-refractivity contribution in [1.29, 1.82) is 0 Å². The van der Waals surface area contributed by atoms with Gasteiger partial charge in [0.2, 0.25) is 0 Å². The fraction of sp³-hybridized carbons (Fsp3) is 0.714. The second-order valence-electron chi connectivity index (χ2n) is 13.6. The number of hydrogen-bond donors (Lipinski definition) is 0. The summed E-state index contributed by atoms with van der Waals surface area (Å²) >= 11 is 0. The van der Waals surface area contributed by atoms with Crippen molar-refractivity contribution in [2.45, 2.75) is 144 Å². The first-order valence-electron chi connectivity index (χ1n) is 19.8. The van der Waals surface area contributed by atoms with Gasteiger partial charge in [0.15, 0.2) is 23.0 Å². The summed E-state index contributed by atoms with van der Waals surface area (Å²) in [6, 6.07) is 11.1. The van der Waals surface area contributed by atoms with Crippen LogP contribution < -0.4 is 29.5 Å². The smallest absolute Gasteiger partial charge is 0.723 e. The second kappa shape index (κ2) is 31.3. The Hall–Kier alpha value is -1.89. The predicted molar refractivity (Wildman–Crippen MR) is 203 cm³/mol. The minimum absolute atomic E-state index is 0. The van der Waals surface area contributed by atoms with Crippen LogP contribution in [0.2, 0.25) is 0 Å². The Morgan fingerprint density at radius 2 is 0.717 bits per heavy atom. The van der Waals surface area contributed by atoms with Gasteiger partial charge in [-0.2, -0.15) is 0 Å². The summed E-state index contributed by atoms with van der Waals surface area (Å²) in [5.74, 6) is 2.73. The van der Waals surface area contributed by atoms with Gasteiger partial charge in [-0.3, -0.25) is 0 Å². The maximum Gasteiger partial charge on any atom is 2.00 e. The normalized spacial score (nSPS) is 13.2. The number of ether oxygens (including phenoxy) is 6. The van der Waals surface area contributed by atoms with Crippen molar-refractivity contribution in [3.05, 3.63) is 47.5 Å². The summed E-state index contributed by atoms with van der Waals surface area (Å²) in [5.41, 5.74) is -0.645. The molecule has 0 amide bonds. The van der Waals surface area contributed by atoms with Crippen LogP contribution in [-0.2, 0) is 52.2 Å². The molecule has 0 fully saturated rings. The van der Waals surface area contributed by atoms with E-state index >= 15 is 0 Å². The van der Waals surface area contributed by atoms with Crippen molar-refractivity contribution in [3.8, 4) is 23.0 Å². The van der Waals surface area contributed by atoms with E-state index < -0.39 is 11.2 Å². The van der Waals surface area contributed by atoms with Gasteiger partial charge in [-0.05, 0) is 87.8 Å². The summed E-state index contributed by atoms with van der Waals surface area (Å²) in [5, 5.41) is 22.9. The molecule has 11 heteroatoms. The molecule has 0 radical (unpaired) electrons. The van der Waals surface area contributed by atoms with Crippen LogP contribution in [0.4, 0.5) is 0 Å². The third-order valence-electron chi connectivity index (χ3n) is 8.54. The van der Waals surface area contributed by atoms with E-state index in [0.29, 0.717) is 62.6 Å². The molecule has 2 aromatic carbocycles. The van der Waals surface area contributed by atoms with Crippen LogP contribution in [0.25, 0.3) is 0 Å². The van der Waals surface area contributed by atoms with Gasteiger partial charge in [-0.1, -0.05) is 92.2 Å². The molecular weight excluding hydrogens is 712 g/mol. The van der Waals surface area contributed by atoms with Gasteiger partial charge in [-0.15, -0.1) is 0 Å². The van der Waals surface area contributed by atoms with E-state index in [2.05, 4.69) is 51.3 Å². The zero-order chi connectivity index (χ0) is 38.5. The van der Waals surface area contributed by atoms with Crippen LogP contribution in [0, 0.1) is 0 Å². The SMILES string of the molecule is CCCCOCC(C)(O[O-])c1ccc(OCCCC)c(OCCCC)c1.CCCCOCC(C)(O[O-])c1ccc(OCCCC)c(OCCCC)c1.[Ti+2]. The molecule has 0 saturated heterocycles. The molecule has 0 aliphatic rings. The van der Waals surface area contributed by atoms with Crippen molar-refractivity contribution >= 4 is 0 Å². The molecule has 0 aromatic heterocycles. The zero-order valence-corrected chi connectivity index (χ0v) is 35.8. The molecule has 2 unspecified atom stereocenters. The van der Waals surface area contributed by atoms with Crippen LogP contribution in [0.3, 0.4) is 0 Å². The summed E-state index contributed by atoms with van der Waals surface area (Å²) in [6.07, 6.45) is 12.2. The van der Waals surface area contributed by atoms with Gasteiger partial charge >= 0.3 is 21.7 Å². The second-order valence-corrected chi connectivity index (χ2v) is 13.6. The molecule has 0 N–H and O–H groups in total. The summed E-state index contributed by atoms with van der Waals surface area (Å²) in [4.78, 5) is 9.10. The number of unbranched alkanes of at least 4 members (excludes halogenated alkanes) is 6. The van der Waals surface area contributed by atoms with Gasteiger partial charge in [0, 0.05) is 13.2 Å². The van der Waals surface area contributed by atoms with Crippen LogP contribution in [0.5, 0.6) is 23.0 Å². The molecule has 2 aromatic rings. The molecule has 2 rings (SSSR count). The van der Waals surface area contributed by atoms with E-state index in [1.54, 1.807) is 13.8 Å². The van der Waals surface area contributed by atoms with Crippen LogP contribution in [-0.4, -0.2) is 52.9 Å². The van der Waals surface area contributed by atoms with E-state index in [4.69, 9.17) is 28.4 Å². The van der Waals surface area contributed by atoms with Crippen molar-refractivity contribution < 1.29 is 70.4 Å². The Balaban J connectivity index is 0.00000100. The number of hydrogen-bond acceptors (Lipinski definition) is 10. The molecule has 0 saturated carbocycles. The monoisotopic (exact) mass is 782 g/mol. The molecule has 0 aliphatic carbocycles. The predicted octanol–water partition coefficient (Wildman–Crippen LogP) is 8.73. The fourth-order valence-electron chi connectivity index (χ4n) is 4.78. The summed E-state index contributed by atoms with van der Waals surface area (Å²) in [7, 11) is 0. The quantitative estimate of drug-likeness (QED) is 0.0329. The zero-order valence-electron chi connectivity index (χ0n) is 34.2. The molecular formula is C42H70O10Ti. The van der Waals surface area contributed by atoms with E-state index in [-0.39, 0.29) is 34.9 Å². The van der Waals surface area contributed by atoms with E-state index in [1.165, 1.54) is 0 Å². The Morgan fingerprint density at radius 3 is 1.00 bits per heavy atom. The largest absolute Gasteiger partial charge is 2.00 e. The van der Waals surface area contributed by atoms with Gasteiger partial charge in [-0.25, -0.2) is 0 Å². The third-order valence-corrected chi connectivity index (χ3v) is 8.54. The minimum atomic E-state index is -1.06. The molecule has 53 heavy (non-hydrogen) atoms. The number of rotatable bonds is 30. The van der Waals surface area contributed by atoms with Gasteiger partial charge in [0.1, 0.15) is 11.2 Å². The fourth-order valence-corrected chi connectivity index (χ4v) is 4.78. The Kier molecular flexibility index (Phi) is 30.2. The molecule has 2 atom stereocenters. The van der Waals surface area contributed by atoms with E-state index in [9.17, 15) is 10.5 Å². The molecule has 0 bridgehead atoms. The maximum absolute atomic E-state index is 11.4. The third kappa shape index (κ3) is 20.0. The molecule has 0 heterocycles. The van der Waals surface area contributed by atoms with E-state index in [1.807, 2.05) is 36.4 Å².